The zero-order chi connectivity index (χ0) is 19.1. The van der Waals surface area contributed by atoms with Gasteiger partial charge in [-0.2, -0.15) is 0 Å². The maximum atomic E-state index is 10.7. The minimum Gasteiger partial charge on any atom is -0.497 e. The molecule has 0 spiro atoms. The van der Waals surface area contributed by atoms with Gasteiger partial charge in [-0.25, -0.2) is 0 Å². The van der Waals surface area contributed by atoms with Crippen LogP contribution in [0.1, 0.15) is 11.6 Å². The lowest BCUT2D eigenvalue weighted by molar-refractivity contribution is -0.384. The highest BCUT2D eigenvalue weighted by atomic mass is 32.1. The van der Waals surface area contributed by atoms with E-state index in [0.29, 0.717) is 17.3 Å². The molecule has 0 amide bonds. The summed E-state index contributed by atoms with van der Waals surface area (Å²) in [6.07, 6.45) is 0. The molecule has 0 aliphatic carbocycles. The second kappa shape index (κ2) is 9.12. The smallest absolute Gasteiger partial charge is 0.269 e. The predicted molar refractivity (Wildman–Crippen MR) is 107 cm³/mol. The number of nitro groups is 1. The largest absolute Gasteiger partial charge is 0.497 e. The maximum Gasteiger partial charge on any atom is 0.269 e. The summed E-state index contributed by atoms with van der Waals surface area (Å²) in [5.74, 6) is 0.806. The Morgan fingerprint density at radius 2 is 1.96 bits per heavy atom. The van der Waals surface area contributed by atoms with Crippen molar-refractivity contribution in [2.24, 2.45) is 0 Å². The summed E-state index contributed by atoms with van der Waals surface area (Å²) in [5, 5.41) is 17.4. The molecule has 0 saturated heterocycles. The van der Waals surface area contributed by atoms with Gasteiger partial charge in [-0.05, 0) is 56.1 Å². The van der Waals surface area contributed by atoms with E-state index in [1.54, 1.807) is 19.2 Å². The zero-order valence-corrected chi connectivity index (χ0v) is 15.7. The topological polar surface area (TPSA) is 79.7 Å². The number of anilines is 1. The van der Waals surface area contributed by atoms with Gasteiger partial charge < -0.3 is 20.3 Å². The van der Waals surface area contributed by atoms with Crippen molar-refractivity contribution >= 4 is 28.7 Å². The Hall–Kier alpha value is -2.71. The van der Waals surface area contributed by atoms with Crippen LogP contribution in [0.25, 0.3) is 0 Å². The molecule has 0 heterocycles. The number of nitro benzene ring substituents is 1. The molecule has 7 nitrogen and oxygen atoms in total. The second-order valence-electron chi connectivity index (χ2n) is 5.90. The van der Waals surface area contributed by atoms with Gasteiger partial charge in [0, 0.05) is 24.4 Å². The van der Waals surface area contributed by atoms with Crippen molar-refractivity contribution in [1.82, 2.24) is 10.2 Å². The molecule has 2 aromatic rings. The van der Waals surface area contributed by atoms with Gasteiger partial charge >= 0.3 is 0 Å². The molecule has 0 bridgehead atoms. The van der Waals surface area contributed by atoms with Gasteiger partial charge in [0.2, 0.25) is 0 Å². The number of nitrogens with one attached hydrogen (secondary N) is 2. The number of nitrogens with zero attached hydrogens (tertiary/aromatic N) is 2. The molecular weight excluding hydrogens is 352 g/mol. The molecule has 0 aliphatic rings. The van der Waals surface area contributed by atoms with Crippen LogP contribution in [0, 0.1) is 10.1 Å². The van der Waals surface area contributed by atoms with Crippen molar-refractivity contribution in [3.05, 3.63) is 64.2 Å². The van der Waals surface area contributed by atoms with Crippen LogP contribution in [-0.2, 0) is 0 Å². The predicted octanol–water partition coefficient (Wildman–Crippen LogP) is 3.19. The standard InChI is InChI=1S/C18H22N4O3S/c1-21(2)17(13-5-4-6-16(11-13)25-3)12-19-18(26)20-14-7-9-15(10-8-14)22(23)24/h4-11,17H,12H2,1-3H3,(H2,19,20,26)/t17-/m0/s1. The number of non-ortho nitro benzene ring substituents is 1. The molecule has 26 heavy (non-hydrogen) atoms. The first-order valence-electron chi connectivity index (χ1n) is 8.00. The third kappa shape index (κ3) is 5.40. The molecule has 0 saturated carbocycles. The molecule has 8 heteroatoms. The van der Waals surface area contributed by atoms with E-state index >= 15 is 0 Å². The highest BCUT2D eigenvalue weighted by Gasteiger charge is 2.15. The molecule has 2 rings (SSSR count). The van der Waals surface area contributed by atoms with Crippen LogP contribution in [0.4, 0.5) is 11.4 Å². The monoisotopic (exact) mass is 374 g/mol. The van der Waals surface area contributed by atoms with Crippen LogP contribution in [0.3, 0.4) is 0 Å². The van der Waals surface area contributed by atoms with Crippen LogP contribution < -0.4 is 15.4 Å². The van der Waals surface area contributed by atoms with Crippen molar-refractivity contribution in [3.63, 3.8) is 0 Å². The van der Waals surface area contributed by atoms with E-state index in [1.807, 2.05) is 38.4 Å². The molecule has 0 aliphatic heterocycles. The number of hydrogen-bond acceptors (Lipinski definition) is 5. The lowest BCUT2D eigenvalue weighted by atomic mass is 10.1. The molecule has 1 atom stereocenters. The van der Waals surface area contributed by atoms with Crippen LogP contribution >= 0.6 is 12.2 Å². The first-order valence-corrected chi connectivity index (χ1v) is 8.41. The minimum absolute atomic E-state index is 0.0418. The summed E-state index contributed by atoms with van der Waals surface area (Å²) >= 11 is 5.32. The Morgan fingerprint density at radius 1 is 1.27 bits per heavy atom. The highest BCUT2D eigenvalue weighted by molar-refractivity contribution is 7.80. The van der Waals surface area contributed by atoms with Gasteiger partial charge in [-0.1, -0.05) is 12.1 Å². The number of hydrogen-bond donors (Lipinski definition) is 2. The summed E-state index contributed by atoms with van der Waals surface area (Å²) in [7, 11) is 5.64. The number of likely N-dealkylation sites (N-methyl/N-ethyl adjacent to an activating group) is 1. The van der Waals surface area contributed by atoms with E-state index in [1.165, 1.54) is 12.1 Å². The summed E-state index contributed by atoms with van der Waals surface area (Å²) in [6.45, 7) is 0.596. The quantitative estimate of drug-likeness (QED) is 0.438. The molecule has 0 aromatic heterocycles. The lowest BCUT2D eigenvalue weighted by Gasteiger charge is -2.26. The van der Waals surface area contributed by atoms with Crippen LogP contribution in [-0.4, -0.2) is 42.7 Å². The lowest BCUT2D eigenvalue weighted by Crippen LogP contribution is -2.36. The molecule has 2 N–H and O–H groups in total. The van der Waals surface area contributed by atoms with E-state index in [9.17, 15) is 10.1 Å². The van der Waals surface area contributed by atoms with Gasteiger partial charge in [-0.3, -0.25) is 10.1 Å². The van der Waals surface area contributed by atoms with Crippen LogP contribution in [0.2, 0.25) is 0 Å². The number of ether oxygens (including phenoxy) is 1. The van der Waals surface area contributed by atoms with Crippen molar-refractivity contribution in [1.29, 1.82) is 0 Å². The molecule has 0 fully saturated rings. The molecule has 138 valence electrons. The molecule has 2 aromatic carbocycles. The third-order valence-electron chi connectivity index (χ3n) is 3.89. The fourth-order valence-electron chi connectivity index (χ4n) is 2.48. The summed E-state index contributed by atoms with van der Waals surface area (Å²) in [6, 6.07) is 14.1. The highest BCUT2D eigenvalue weighted by Crippen LogP contribution is 2.22. The first-order chi connectivity index (χ1) is 12.4. The van der Waals surface area contributed by atoms with E-state index in [0.717, 1.165) is 11.3 Å². The fraction of sp³-hybridized carbons (Fsp3) is 0.278. The van der Waals surface area contributed by atoms with Crippen molar-refractivity contribution in [2.75, 3.05) is 33.1 Å². The molecule has 0 radical (unpaired) electrons. The van der Waals surface area contributed by atoms with Gasteiger partial charge in [0.1, 0.15) is 5.75 Å². The zero-order valence-electron chi connectivity index (χ0n) is 14.9. The minimum atomic E-state index is -0.434. The second-order valence-corrected chi connectivity index (χ2v) is 6.30. The Morgan fingerprint density at radius 3 is 2.54 bits per heavy atom. The van der Waals surface area contributed by atoms with Gasteiger partial charge in [0.05, 0.1) is 18.1 Å². The number of rotatable bonds is 7. The van der Waals surface area contributed by atoms with Crippen LogP contribution in [0.5, 0.6) is 5.75 Å². The van der Waals surface area contributed by atoms with E-state index < -0.39 is 4.92 Å². The van der Waals surface area contributed by atoms with E-state index in [-0.39, 0.29) is 11.7 Å². The van der Waals surface area contributed by atoms with Gasteiger partial charge in [0.25, 0.3) is 5.69 Å². The Kier molecular flexibility index (Phi) is 6.88. The number of benzene rings is 2. The number of methoxy groups -OCH3 is 1. The van der Waals surface area contributed by atoms with Gasteiger partial charge in [0.15, 0.2) is 5.11 Å². The van der Waals surface area contributed by atoms with Crippen LogP contribution in [0.15, 0.2) is 48.5 Å². The van der Waals surface area contributed by atoms with E-state index in [2.05, 4.69) is 15.5 Å². The van der Waals surface area contributed by atoms with Crippen molar-refractivity contribution in [3.8, 4) is 5.75 Å². The Labute approximate surface area is 158 Å². The molecule has 0 unspecified atom stereocenters. The number of thiocarbonyl (C=S) groups is 1. The summed E-state index contributed by atoms with van der Waals surface area (Å²) in [4.78, 5) is 12.3. The third-order valence-corrected chi connectivity index (χ3v) is 4.14. The Balaban J connectivity index is 1.97. The average Bonchev–Trinajstić information content (AvgIpc) is 2.62. The Bertz CT molecular complexity index is 765. The van der Waals surface area contributed by atoms with E-state index in [4.69, 9.17) is 17.0 Å². The SMILES string of the molecule is COc1cccc([C@H](CNC(=S)Nc2ccc([N+](=O)[O-])cc2)N(C)C)c1. The summed E-state index contributed by atoms with van der Waals surface area (Å²) in [5.41, 5.74) is 1.84. The van der Waals surface area contributed by atoms with Crippen molar-refractivity contribution in [2.45, 2.75) is 6.04 Å². The normalized spacial score (nSPS) is 11.7. The fourth-order valence-corrected chi connectivity index (χ4v) is 2.68. The van der Waals surface area contributed by atoms with Crippen molar-refractivity contribution < 1.29 is 9.66 Å². The molecular formula is C18H22N4O3S. The maximum absolute atomic E-state index is 10.7. The average molecular weight is 374 g/mol. The van der Waals surface area contributed by atoms with Gasteiger partial charge in [-0.15, -0.1) is 0 Å². The first kappa shape index (κ1) is 19.6. The summed E-state index contributed by atoms with van der Waals surface area (Å²) < 4.78 is 5.29.